The van der Waals surface area contributed by atoms with E-state index >= 15 is 0 Å². The summed E-state index contributed by atoms with van der Waals surface area (Å²) in [6.07, 6.45) is 1.18. The van der Waals surface area contributed by atoms with Gasteiger partial charge in [0.1, 0.15) is 0 Å². The Morgan fingerprint density at radius 3 is 2.45 bits per heavy atom. The molecule has 1 saturated heterocycles. The average Bonchev–Trinajstić information content (AvgIpc) is 2.40. The molecule has 20 heavy (non-hydrogen) atoms. The molecule has 0 radical (unpaired) electrons. The molecule has 0 amide bonds. The third-order valence-corrected chi connectivity index (χ3v) is 6.45. The summed E-state index contributed by atoms with van der Waals surface area (Å²) in [4.78, 5) is 2.46. The van der Waals surface area contributed by atoms with Gasteiger partial charge in [-0.2, -0.15) is 11.8 Å². The van der Waals surface area contributed by atoms with Crippen LogP contribution >= 0.6 is 27.7 Å². The van der Waals surface area contributed by atoms with Gasteiger partial charge in [0.05, 0.1) is 0 Å². The number of likely N-dealkylation sites (N-methyl/N-ethyl adjacent to an activating group) is 1. The summed E-state index contributed by atoms with van der Waals surface area (Å²) in [5.41, 5.74) is 8.02. The van der Waals surface area contributed by atoms with Gasteiger partial charge in [0.25, 0.3) is 0 Å². The van der Waals surface area contributed by atoms with Crippen LogP contribution in [0.15, 0.2) is 28.7 Å². The quantitative estimate of drug-likeness (QED) is 0.890. The fourth-order valence-electron chi connectivity index (χ4n) is 3.07. The third-order valence-electron chi connectivity index (χ3n) is 4.19. The van der Waals surface area contributed by atoms with E-state index < -0.39 is 0 Å². The maximum Gasteiger partial charge on any atom is 0.0427 e. The molecule has 2 rings (SSSR count). The summed E-state index contributed by atoms with van der Waals surface area (Å²) in [5, 5.41) is 0. The first-order valence-electron chi connectivity index (χ1n) is 7.10. The van der Waals surface area contributed by atoms with E-state index in [0.717, 1.165) is 23.3 Å². The lowest BCUT2D eigenvalue weighted by Crippen LogP contribution is -2.58. The van der Waals surface area contributed by atoms with Gasteiger partial charge < -0.3 is 5.73 Å². The third kappa shape index (κ3) is 3.79. The Balaban J connectivity index is 2.12. The Kier molecular flexibility index (Phi) is 5.22. The number of hydrogen-bond acceptors (Lipinski definition) is 3. The van der Waals surface area contributed by atoms with Gasteiger partial charge in [-0.3, -0.25) is 4.90 Å². The molecule has 1 aromatic carbocycles. The van der Waals surface area contributed by atoms with E-state index in [0.29, 0.717) is 5.41 Å². The number of nitrogens with two attached hydrogens (primary N) is 1. The Morgan fingerprint density at radius 1 is 1.25 bits per heavy atom. The van der Waals surface area contributed by atoms with Crippen LogP contribution in [0.25, 0.3) is 0 Å². The second-order valence-electron chi connectivity index (χ2n) is 6.74. The Labute approximate surface area is 135 Å². The normalized spacial score (nSPS) is 25.9. The Hall–Kier alpha value is -0.0300. The number of nitrogens with zero attached hydrogens (tertiary/aromatic N) is 1. The van der Waals surface area contributed by atoms with Crippen LogP contribution in [0, 0.1) is 5.41 Å². The van der Waals surface area contributed by atoms with Gasteiger partial charge in [-0.15, -0.1) is 0 Å². The smallest absolute Gasteiger partial charge is 0.0427 e. The molecule has 1 aromatic rings. The molecular formula is C16H25BrN2S. The Morgan fingerprint density at radius 2 is 1.90 bits per heavy atom. The molecule has 0 spiro atoms. The highest BCUT2D eigenvalue weighted by Gasteiger charge is 2.42. The summed E-state index contributed by atoms with van der Waals surface area (Å²) in [5.74, 6) is 2.38. The van der Waals surface area contributed by atoms with Gasteiger partial charge in [-0.1, -0.05) is 41.9 Å². The molecule has 1 aliphatic heterocycles. The molecular weight excluding hydrogens is 332 g/mol. The summed E-state index contributed by atoms with van der Waals surface area (Å²) >= 11 is 5.54. The molecule has 112 valence electrons. The van der Waals surface area contributed by atoms with E-state index in [2.05, 4.69) is 66.0 Å². The van der Waals surface area contributed by atoms with Crippen molar-refractivity contribution >= 4 is 27.7 Å². The van der Waals surface area contributed by atoms with E-state index in [1.54, 1.807) is 0 Å². The predicted octanol–water partition coefficient (Wildman–Crippen LogP) is 3.74. The Bertz CT molecular complexity index is 446. The lowest BCUT2D eigenvalue weighted by atomic mass is 9.79. The van der Waals surface area contributed by atoms with Gasteiger partial charge in [0, 0.05) is 28.9 Å². The fraction of sp³-hybridized carbons (Fsp3) is 0.625. The van der Waals surface area contributed by atoms with Crippen LogP contribution in [0.4, 0.5) is 0 Å². The molecule has 0 bridgehead atoms. The van der Waals surface area contributed by atoms with E-state index in [-0.39, 0.29) is 5.54 Å². The minimum Gasteiger partial charge on any atom is -0.329 e. The standard InChI is InChI=1S/C16H25BrN2S/c1-15(2)9-16(10-18,12-20-11-15)19(3)8-13-4-6-14(17)7-5-13/h4-7H,8-12,18H2,1-3H3. The molecule has 2 N–H and O–H groups in total. The van der Waals surface area contributed by atoms with Crippen molar-refractivity contribution in [2.24, 2.45) is 11.1 Å². The molecule has 1 aliphatic rings. The van der Waals surface area contributed by atoms with Crippen LogP contribution in [0.3, 0.4) is 0 Å². The maximum absolute atomic E-state index is 6.18. The predicted molar refractivity (Wildman–Crippen MR) is 93.1 cm³/mol. The van der Waals surface area contributed by atoms with Crippen molar-refractivity contribution in [3.8, 4) is 0 Å². The molecule has 0 saturated carbocycles. The molecule has 4 heteroatoms. The van der Waals surface area contributed by atoms with E-state index in [4.69, 9.17) is 5.73 Å². The van der Waals surface area contributed by atoms with Crippen molar-refractivity contribution < 1.29 is 0 Å². The maximum atomic E-state index is 6.18. The lowest BCUT2D eigenvalue weighted by Gasteiger charge is -2.49. The highest BCUT2D eigenvalue weighted by Crippen LogP contribution is 2.41. The lowest BCUT2D eigenvalue weighted by molar-refractivity contribution is 0.0870. The minimum atomic E-state index is 0.124. The largest absolute Gasteiger partial charge is 0.329 e. The van der Waals surface area contributed by atoms with Gasteiger partial charge in [0.15, 0.2) is 0 Å². The molecule has 2 nitrogen and oxygen atoms in total. The van der Waals surface area contributed by atoms with Crippen LogP contribution in [-0.4, -0.2) is 35.5 Å². The van der Waals surface area contributed by atoms with E-state index in [9.17, 15) is 0 Å². The zero-order chi connectivity index (χ0) is 14.8. The average molecular weight is 357 g/mol. The van der Waals surface area contributed by atoms with Gasteiger partial charge in [-0.05, 0) is 42.3 Å². The summed E-state index contributed by atoms with van der Waals surface area (Å²) in [6, 6.07) is 8.59. The van der Waals surface area contributed by atoms with Crippen LogP contribution in [0.1, 0.15) is 25.8 Å². The van der Waals surface area contributed by atoms with Crippen LogP contribution in [-0.2, 0) is 6.54 Å². The molecule has 0 aliphatic carbocycles. The van der Waals surface area contributed by atoms with Crippen LogP contribution in [0.5, 0.6) is 0 Å². The van der Waals surface area contributed by atoms with Crippen molar-refractivity contribution in [3.05, 3.63) is 34.3 Å². The first kappa shape index (κ1) is 16.3. The SMILES string of the molecule is CN(Cc1ccc(Br)cc1)C1(CN)CSCC(C)(C)C1. The molecule has 1 fully saturated rings. The first-order chi connectivity index (χ1) is 9.37. The highest BCUT2D eigenvalue weighted by atomic mass is 79.9. The fourth-order valence-corrected chi connectivity index (χ4v) is 4.91. The summed E-state index contributed by atoms with van der Waals surface area (Å²) in [6.45, 7) is 6.41. The van der Waals surface area contributed by atoms with Crippen molar-refractivity contribution in [1.82, 2.24) is 4.90 Å². The second-order valence-corrected chi connectivity index (χ2v) is 8.65. The van der Waals surface area contributed by atoms with Gasteiger partial charge in [0.2, 0.25) is 0 Å². The molecule has 1 heterocycles. The number of halogens is 1. The first-order valence-corrected chi connectivity index (χ1v) is 9.05. The summed E-state index contributed by atoms with van der Waals surface area (Å²) < 4.78 is 1.13. The zero-order valence-corrected chi connectivity index (χ0v) is 15.1. The van der Waals surface area contributed by atoms with Crippen molar-refractivity contribution in [3.63, 3.8) is 0 Å². The number of hydrogen-bond donors (Lipinski definition) is 1. The van der Waals surface area contributed by atoms with Crippen LogP contribution < -0.4 is 5.73 Å². The topological polar surface area (TPSA) is 29.3 Å². The molecule has 0 aromatic heterocycles. The highest BCUT2D eigenvalue weighted by molar-refractivity contribution is 9.10. The number of rotatable bonds is 4. The number of benzene rings is 1. The monoisotopic (exact) mass is 356 g/mol. The minimum absolute atomic E-state index is 0.124. The zero-order valence-electron chi connectivity index (χ0n) is 12.7. The van der Waals surface area contributed by atoms with E-state index in [1.165, 1.54) is 17.7 Å². The van der Waals surface area contributed by atoms with E-state index in [1.807, 2.05) is 11.8 Å². The van der Waals surface area contributed by atoms with Crippen molar-refractivity contribution in [2.75, 3.05) is 25.1 Å². The van der Waals surface area contributed by atoms with Crippen molar-refractivity contribution in [1.29, 1.82) is 0 Å². The van der Waals surface area contributed by atoms with Gasteiger partial charge >= 0.3 is 0 Å². The van der Waals surface area contributed by atoms with Gasteiger partial charge in [-0.25, -0.2) is 0 Å². The number of thioether (sulfide) groups is 1. The van der Waals surface area contributed by atoms with Crippen LogP contribution in [0.2, 0.25) is 0 Å². The molecule has 1 atom stereocenters. The van der Waals surface area contributed by atoms with Crippen molar-refractivity contribution in [2.45, 2.75) is 32.4 Å². The molecule has 1 unspecified atom stereocenters. The summed E-state index contributed by atoms with van der Waals surface area (Å²) in [7, 11) is 2.22. The second kappa shape index (κ2) is 6.39.